The lowest BCUT2D eigenvalue weighted by molar-refractivity contribution is -0.137. The van der Waals surface area contributed by atoms with Crippen molar-refractivity contribution >= 4 is 51.2 Å². The van der Waals surface area contributed by atoms with E-state index in [2.05, 4.69) is 30.2 Å². The number of anilines is 1. The van der Waals surface area contributed by atoms with E-state index >= 15 is 0 Å². The van der Waals surface area contributed by atoms with Crippen molar-refractivity contribution in [3.05, 3.63) is 82.0 Å². The minimum absolute atomic E-state index is 0.0376. The van der Waals surface area contributed by atoms with Gasteiger partial charge in [-0.1, -0.05) is 41.9 Å². The van der Waals surface area contributed by atoms with Gasteiger partial charge in [0.15, 0.2) is 0 Å². The van der Waals surface area contributed by atoms with Gasteiger partial charge in [-0.05, 0) is 91.7 Å². The van der Waals surface area contributed by atoms with E-state index in [1.165, 1.54) is 17.1 Å². The average Bonchev–Trinajstić information content (AvgIpc) is 3.70. The highest BCUT2D eigenvalue weighted by atomic mass is 33.1. The summed E-state index contributed by atoms with van der Waals surface area (Å²) in [7, 11) is 3.52. The third kappa shape index (κ3) is 4.94. The van der Waals surface area contributed by atoms with E-state index in [1.54, 1.807) is 27.8 Å². The molecular weight excluding hydrogens is 647 g/mol. The third-order valence-electron chi connectivity index (χ3n) is 11.3. The summed E-state index contributed by atoms with van der Waals surface area (Å²) in [6, 6.07) is 3.92. The minimum atomic E-state index is -0.825. The van der Waals surface area contributed by atoms with Gasteiger partial charge in [-0.25, -0.2) is 14.6 Å². The Morgan fingerprint density at radius 3 is 2.75 bits per heavy atom. The highest BCUT2D eigenvalue weighted by Crippen LogP contribution is 2.71. The molecule has 1 saturated heterocycles. The quantitative estimate of drug-likeness (QED) is 0.212. The van der Waals surface area contributed by atoms with Crippen LogP contribution in [0.5, 0.6) is 0 Å². The van der Waals surface area contributed by atoms with Gasteiger partial charge in [-0.2, -0.15) is 0 Å². The fourth-order valence-electron chi connectivity index (χ4n) is 9.31. The minimum Gasteiger partial charge on any atom is -0.427 e. The van der Waals surface area contributed by atoms with Crippen LogP contribution in [0.3, 0.4) is 0 Å². The molecule has 1 spiro atoms. The van der Waals surface area contributed by atoms with E-state index in [0.717, 1.165) is 66.6 Å². The predicted molar refractivity (Wildman–Crippen MR) is 184 cm³/mol. The Bertz CT molecular complexity index is 1760. The van der Waals surface area contributed by atoms with Gasteiger partial charge < -0.3 is 14.8 Å². The van der Waals surface area contributed by atoms with Crippen LogP contribution in [0.1, 0.15) is 70.3 Å². The Hall–Kier alpha value is -3.57. The van der Waals surface area contributed by atoms with Crippen molar-refractivity contribution in [1.29, 1.82) is 0 Å². The van der Waals surface area contributed by atoms with Crippen LogP contribution < -0.4 is 5.32 Å². The van der Waals surface area contributed by atoms with Gasteiger partial charge in [0.05, 0.1) is 16.9 Å². The van der Waals surface area contributed by atoms with Crippen molar-refractivity contribution in [2.24, 2.45) is 29.1 Å². The molecule has 5 heterocycles. The monoisotopic (exact) mass is 685 g/mol. The predicted octanol–water partition coefficient (Wildman–Crippen LogP) is 6.59. The number of aromatic nitrogens is 1. The molecule has 6 unspecified atom stereocenters. The number of carbonyl (C=O) groups excluding carboxylic acids is 4. The van der Waals surface area contributed by atoms with Gasteiger partial charge in [-0.15, -0.1) is 0 Å². The molecule has 48 heavy (non-hydrogen) atoms. The molecule has 4 aliphatic carbocycles. The number of esters is 2. The highest BCUT2D eigenvalue weighted by molar-refractivity contribution is 8.76. The molecule has 0 radical (unpaired) electrons. The lowest BCUT2D eigenvalue weighted by Gasteiger charge is -2.57. The first-order valence-corrected chi connectivity index (χ1v) is 19.6. The van der Waals surface area contributed by atoms with Crippen LogP contribution in [-0.2, 0) is 28.7 Å². The Morgan fingerprint density at radius 1 is 1.10 bits per heavy atom. The van der Waals surface area contributed by atoms with Gasteiger partial charge in [0.2, 0.25) is 0 Å². The molecule has 2 amide bonds. The lowest BCUT2D eigenvalue weighted by atomic mass is 9.43. The summed E-state index contributed by atoms with van der Waals surface area (Å²) in [5.41, 5.74) is 3.32. The summed E-state index contributed by atoms with van der Waals surface area (Å²) in [5.74, 6) is 1.90. The molecule has 0 aromatic carbocycles. The number of nitrogens with zero attached hydrogens (tertiary/aromatic N) is 2. The number of hydrogen-bond acceptors (Lipinski definition) is 10. The zero-order valence-electron chi connectivity index (χ0n) is 27.2. The van der Waals surface area contributed by atoms with Crippen molar-refractivity contribution in [2.45, 2.75) is 64.7 Å². The van der Waals surface area contributed by atoms with Crippen LogP contribution in [0.15, 0.2) is 76.4 Å². The van der Waals surface area contributed by atoms with E-state index < -0.39 is 11.3 Å². The van der Waals surface area contributed by atoms with Crippen LogP contribution >= 0.6 is 21.6 Å². The average molecular weight is 686 g/mol. The van der Waals surface area contributed by atoms with Gasteiger partial charge in [0, 0.05) is 53.6 Å². The number of unbranched alkanes of at least 4 members (excludes halogenated alkanes) is 1. The first-order valence-electron chi connectivity index (χ1n) is 17.1. The fraction of sp³-hybridized carbons (Fsp3) is 0.486. The Labute approximate surface area is 288 Å². The summed E-state index contributed by atoms with van der Waals surface area (Å²) in [4.78, 5) is 60.1. The summed E-state index contributed by atoms with van der Waals surface area (Å²) < 4.78 is 12.3. The first-order chi connectivity index (χ1) is 23.3. The number of pyridine rings is 1. The van der Waals surface area contributed by atoms with Gasteiger partial charge in [-0.3, -0.25) is 14.5 Å². The zero-order chi connectivity index (χ0) is 33.2. The molecule has 9 rings (SSSR count). The molecule has 1 aromatic heterocycles. The first kappa shape index (κ1) is 31.7. The van der Waals surface area contributed by atoms with Crippen molar-refractivity contribution in [2.75, 3.05) is 23.5 Å². The second-order valence-corrected chi connectivity index (χ2v) is 16.4. The van der Waals surface area contributed by atoms with E-state index in [0.29, 0.717) is 41.1 Å². The molecule has 9 nitrogen and oxygen atoms in total. The van der Waals surface area contributed by atoms with Crippen LogP contribution in [0.2, 0.25) is 0 Å². The van der Waals surface area contributed by atoms with E-state index in [1.807, 2.05) is 18.2 Å². The number of rotatable bonds is 4. The normalized spacial score (nSPS) is 33.5. The standard InChI is InChI=1S/C37H39N3O6S2/c1-3-4-5-26-24-8-7-23-22-12-14-37(33(23)32(24)35(43)45-26)27-9-6-20(2)18-47-48-19-39-28-16-21(13-15-38-28)25(31(22)34(37)36(44)46-27)17-40-29(41)10-11-30(40)42/h5,9-11,13,15-16,20,22-23,25,33H,3-4,6-8,12,14,17-19H2,1-2H3,(H,38,39). The maximum Gasteiger partial charge on any atom is 0.340 e. The highest BCUT2D eigenvalue weighted by Gasteiger charge is 2.69. The molecule has 1 aromatic rings. The Balaban J connectivity index is 1.36. The number of fused-ring (bicyclic) bond motifs is 3. The number of cyclic esters (lactones) is 1. The number of imide groups is 1. The van der Waals surface area contributed by atoms with E-state index in [4.69, 9.17) is 9.47 Å². The Kier molecular flexibility index (Phi) is 8.18. The number of nitrogens with one attached hydrogen (secondary N) is 1. The molecule has 250 valence electrons. The fourth-order valence-corrected chi connectivity index (χ4v) is 11.5. The second kappa shape index (κ2) is 12.4. The zero-order valence-corrected chi connectivity index (χ0v) is 28.8. The molecule has 6 atom stereocenters. The molecule has 11 heteroatoms. The van der Waals surface area contributed by atoms with Gasteiger partial charge in [0.25, 0.3) is 11.8 Å². The second-order valence-electron chi connectivity index (χ2n) is 13.9. The molecule has 8 aliphatic rings. The summed E-state index contributed by atoms with van der Waals surface area (Å²) in [5, 5.41) is 3.43. The molecular formula is C37H39N3O6S2. The van der Waals surface area contributed by atoms with Crippen molar-refractivity contribution in [3.8, 4) is 0 Å². The van der Waals surface area contributed by atoms with Crippen LogP contribution in [0.4, 0.5) is 5.82 Å². The van der Waals surface area contributed by atoms with Gasteiger partial charge >= 0.3 is 11.9 Å². The van der Waals surface area contributed by atoms with Crippen LogP contribution in [0, 0.1) is 29.1 Å². The maximum atomic E-state index is 14.4. The number of allylic oxidation sites excluding steroid dienone is 4. The van der Waals surface area contributed by atoms with E-state index in [-0.39, 0.29) is 48.1 Å². The number of ether oxygens (including phenoxy) is 2. The number of hydrogen-bond donors (Lipinski definition) is 1. The van der Waals surface area contributed by atoms with Crippen LogP contribution in [0.25, 0.3) is 0 Å². The Morgan fingerprint density at radius 2 is 1.94 bits per heavy atom. The molecule has 1 saturated carbocycles. The summed E-state index contributed by atoms with van der Waals surface area (Å²) >= 11 is 0. The molecule has 7 bridgehead atoms. The third-order valence-corrected chi connectivity index (χ3v) is 13.7. The molecule has 4 aliphatic heterocycles. The van der Waals surface area contributed by atoms with Crippen LogP contribution in [-0.4, -0.2) is 51.8 Å². The molecule has 2 fully saturated rings. The van der Waals surface area contributed by atoms with E-state index in [9.17, 15) is 19.2 Å². The maximum absolute atomic E-state index is 14.4. The van der Waals surface area contributed by atoms with Gasteiger partial charge in [0.1, 0.15) is 17.3 Å². The van der Waals surface area contributed by atoms with Crippen molar-refractivity contribution < 1.29 is 28.7 Å². The lowest BCUT2D eigenvalue weighted by Crippen LogP contribution is -2.53. The van der Waals surface area contributed by atoms with Crippen molar-refractivity contribution in [3.63, 3.8) is 0 Å². The smallest absolute Gasteiger partial charge is 0.340 e. The summed E-state index contributed by atoms with van der Waals surface area (Å²) in [6.07, 6.45) is 14.1. The summed E-state index contributed by atoms with van der Waals surface area (Å²) in [6.45, 7) is 4.41. The number of carbonyl (C=O) groups is 4. The topological polar surface area (TPSA) is 115 Å². The number of amides is 2. The van der Waals surface area contributed by atoms with Crippen molar-refractivity contribution in [1.82, 2.24) is 9.88 Å². The SMILES string of the molecule is CCCC=C1OC(=O)C2=C1CCC1C3CCC4(C5=CCC(C)CSSCNc6cc(ccn6)C(CN6C(=O)C=CC6=O)C3=C4C(=O)O5)C21. The largest absolute Gasteiger partial charge is 0.427 e. The molecule has 1 N–H and O–H groups in total.